The molecule has 0 amide bonds. The highest BCUT2D eigenvalue weighted by molar-refractivity contribution is 7.07. The second-order valence-electron chi connectivity index (χ2n) is 3.96. The van der Waals surface area contributed by atoms with Crippen LogP contribution in [0.1, 0.15) is 26.0 Å². The van der Waals surface area contributed by atoms with E-state index in [-0.39, 0.29) is 0 Å². The molecule has 0 aromatic carbocycles. The van der Waals surface area contributed by atoms with Gasteiger partial charge in [0, 0.05) is 11.9 Å². The predicted octanol–water partition coefficient (Wildman–Crippen LogP) is 2.16. The van der Waals surface area contributed by atoms with E-state index in [2.05, 4.69) is 37.5 Å². The Hall–Kier alpha value is -1.96. The zero-order valence-corrected chi connectivity index (χ0v) is 12.4. The maximum absolute atomic E-state index is 5.35. The Labute approximate surface area is 121 Å². The van der Waals surface area contributed by atoms with Crippen LogP contribution in [0.25, 0.3) is 0 Å². The topological polar surface area (TPSA) is 84.9 Å². The smallest absolute Gasteiger partial charge is 0.323 e. The highest BCUT2D eigenvalue weighted by Gasteiger charge is 2.07. The Morgan fingerprint density at radius 3 is 2.60 bits per heavy atom. The number of hydrogen-bond acceptors (Lipinski definition) is 8. The number of thiazole rings is 1. The van der Waals surface area contributed by atoms with Crippen LogP contribution in [0.2, 0.25) is 0 Å². The van der Waals surface area contributed by atoms with E-state index < -0.39 is 0 Å². The highest BCUT2D eigenvalue weighted by Crippen LogP contribution is 2.12. The van der Waals surface area contributed by atoms with Crippen LogP contribution in [0.15, 0.2) is 10.9 Å². The Balaban J connectivity index is 2.06. The van der Waals surface area contributed by atoms with Crippen LogP contribution in [-0.2, 0) is 6.54 Å². The Morgan fingerprint density at radius 2 is 1.95 bits per heavy atom. The molecule has 0 bridgehead atoms. The van der Waals surface area contributed by atoms with Crippen molar-refractivity contribution in [1.82, 2.24) is 19.9 Å². The third-order valence-corrected chi connectivity index (χ3v) is 2.97. The third kappa shape index (κ3) is 4.30. The fourth-order valence-corrected chi connectivity index (χ4v) is 2.00. The first-order valence-corrected chi connectivity index (χ1v) is 7.49. The first-order valence-electron chi connectivity index (χ1n) is 6.55. The molecule has 0 fully saturated rings. The summed E-state index contributed by atoms with van der Waals surface area (Å²) in [6.45, 7) is 5.88. The van der Waals surface area contributed by atoms with Crippen LogP contribution in [0.3, 0.4) is 0 Å². The molecule has 0 unspecified atom stereocenters. The first kappa shape index (κ1) is 14.4. The van der Waals surface area contributed by atoms with Crippen molar-refractivity contribution in [2.45, 2.75) is 26.8 Å². The molecule has 108 valence electrons. The van der Waals surface area contributed by atoms with Gasteiger partial charge in [-0.3, -0.25) is 0 Å². The van der Waals surface area contributed by atoms with Gasteiger partial charge in [0.1, 0.15) is 0 Å². The van der Waals surface area contributed by atoms with Gasteiger partial charge in [0.05, 0.1) is 24.4 Å². The fourth-order valence-electron chi connectivity index (χ4n) is 1.44. The van der Waals surface area contributed by atoms with E-state index in [0.29, 0.717) is 31.1 Å². The molecule has 0 atom stereocenters. The lowest BCUT2D eigenvalue weighted by Crippen LogP contribution is -2.11. The minimum absolute atomic E-state index is 0.321. The summed E-state index contributed by atoms with van der Waals surface area (Å²) in [6.07, 6.45) is 0.997. The third-order valence-electron chi connectivity index (χ3n) is 2.33. The Morgan fingerprint density at radius 1 is 1.15 bits per heavy atom. The second kappa shape index (κ2) is 7.59. The molecule has 0 aliphatic rings. The van der Waals surface area contributed by atoms with Crippen molar-refractivity contribution in [2.24, 2.45) is 0 Å². The predicted molar refractivity (Wildman–Crippen MR) is 79.2 cm³/mol. The molecule has 2 heterocycles. The molecule has 0 radical (unpaired) electrons. The number of nitrogens with one attached hydrogen (secondary N) is 2. The minimum Gasteiger partial charge on any atom is -0.464 e. The van der Waals surface area contributed by atoms with Crippen LogP contribution >= 0.6 is 11.3 Å². The summed E-state index contributed by atoms with van der Waals surface area (Å²) < 4.78 is 5.35. The molecule has 20 heavy (non-hydrogen) atoms. The summed E-state index contributed by atoms with van der Waals surface area (Å²) in [5.74, 6) is 1.00. The highest BCUT2D eigenvalue weighted by atomic mass is 32.1. The van der Waals surface area contributed by atoms with E-state index in [4.69, 9.17) is 4.74 Å². The summed E-state index contributed by atoms with van der Waals surface area (Å²) in [7, 11) is 0. The van der Waals surface area contributed by atoms with Crippen LogP contribution < -0.4 is 15.4 Å². The van der Waals surface area contributed by atoms with Gasteiger partial charge >= 0.3 is 6.01 Å². The van der Waals surface area contributed by atoms with E-state index in [1.54, 1.807) is 16.8 Å². The molecule has 0 saturated carbocycles. The zero-order valence-electron chi connectivity index (χ0n) is 11.6. The largest absolute Gasteiger partial charge is 0.464 e. The normalized spacial score (nSPS) is 10.3. The first-order chi connectivity index (χ1) is 9.81. The van der Waals surface area contributed by atoms with Gasteiger partial charge in [-0.25, -0.2) is 4.98 Å². The van der Waals surface area contributed by atoms with Crippen molar-refractivity contribution in [2.75, 3.05) is 23.8 Å². The molecular formula is C12H18N6OS. The number of rotatable bonds is 8. The summed E-state index contributed by atoms with van der Waals surface area (Å²) in [4.78, 5) is 16.9. The van der Waals surface area contributed by atoms with Crippen molar-refractivity contribution in [1.29, 1.82) is 0 Å². The second-order valence-corrected chi connectivity index (χ2v) is 4.68. The SMILES string of the molecule is CCCNc1nc(NCc2cscn2)nc(OCC)n1. The van der Waals surface area contributed by atoms with Crippen molar-refractivity contribution in [3.63, 3.8) is 0 Å². The zero-order chi connectivity index (χ0) is 14.2. The van der Waals surface area contributed by atoms with Crippen molar-refractivity contribution < 1.29 is 4.74 Å². The molecular weight excluding hydrogens is 276 g/mol. The van der Waals surface area contributed by atoms with E-state index >= 15 is 0 Å². The van der Waals surface area contributed by atoms with Crippen molar-refractivity contribution in [3.8, 4) is 6.01 Å². The summed E-state index contributed by atoms with van der Waals surface area (Å²) in [6, 6.07) is 0.321. The van der Waals surface area contributed by atoms with E-state index in [9.17, 15) is 0 Å². The van der Waals surface area contributed by atoms with Gasteiger partial charge in [-0.05, 0) is 13.3 Å². The molecule has 2 aromatic rings. The van der Waals surface area contributed by atoms with Gasteiger partial charge in [-0.1, -0.05) is 6.92 Å². The van der Waals surface area contributed by atoms with Crippen molar-refractivity contribution in [3.05, 3.63) is 16.6 Å². The van der Waals surface area contributed by atoms with E-state index in [1.807, 2.05) is 12.3 Å². The maximum atomic E-state index is 5.35. The fraction of sp³-hybridized carbons (Fsp3) is 0.500. The molecule has 2 rings (SSSR count). The molecule has 2 aromatic heterocycles. The number of anilines is 2. The Kier molecular flexibility index (Phi) is 5.48. The van der Waals surface area contributed by atoms with Crippen LogP contribution in [-0.4, -0.2) is 33.1 Å². The molecule has 7 nitrogen and oxygen atoms in total. The molecule has 0 aliphatic heterocycles. The van der Waals surface area contributed by atoms with Crippen LogP contribution in [0, 0.1) is 0 Å². The lowest BCUT2D eigenvalue weighted by molar-refractivity contribution is 0.312. The van der Waals surface area contributed by atoms with Crippen LogP contribution in [0.5, 0.6) is 6.01 Å². The molecule has 0 aliphatic carbocycles. The molecule has 0 spiro atoms. The number of ether oxygens (including phenoxy) is 1. The summed E-state index contributed by atoms with van der Waals surface area (Å²) >= 11 is 1.56. The average Bonchev–Trinajstić information content (AvgIpc) is 2.96. The quantitative estimate of drug-likeness (QED) is 0.771. The summed E-state index contributed by atoms with van der Waals surface area (Å²) in [5.41, 5.74) is 2.75. The van der Waals surface area contributed by atoms with Gasteiger partial charge in [-0.2, -0.15) is 15.0 Å². The standard InChI is InChI=1S/C12H18N6OS/c1-3-5-13-10-16-11(18-12(17-10)19-4-2)14-6-9-7-20-8-15-9/h7-8H,3-6H2,1-2H3,(H2,13,14,16,17,18). The van der Waals surface area contributed by atoms with Crippen LogP contribution in [0.4, 0.5) is 11.9 Å². The van der Waals surface area contributed by atoms with Gasteiger partial charge in [0.25, 0.3) is 0 Å². The lowest BCUT2D eigenvalue weighted by Gasteiger charge is -2.09. The number of aromatic nitrogens is 4. The van der Waals surface area contributed by atoms with E-state index in [0.717, 1.165) is 18.7 Å². The van der Waals surface area contributed by atoms with Crippen molar-refractivity contribution >= 4 is 23.2 Å². The molecule has 8 heteroatoms. The van der Waals surface area contributed by atoms with Gasteiger partial charge in [0.2, 0.25) is 11.9 Å². The molecule has 0 saturated heterocycles. The maximum Gasteiger partial charge on any atom is 0.323 e. The van der Waals surface area contributed by atoms with E-state index in [1.165, 1.54) is 0 Å². The minimum atomic E-state index is 0.321. The summed E-state index contributed by atoms with van der Waals surface area (Å²) in [5, 5.41) is 8.24. The van der Waals surface area contributed by atoms with Gasteiger partial charge in [0.15, 0.2) is 0 Å². The monoisotopic (exact) mass is 294 g/mol. The number of hydrogen-bond donors (Lipinski definition) is 2. The van der Waals surface area contributed by atoms with Gasteiger partial charge in [-0.15, -0.1) is 11.3 Å². The van der Waals surface area contributed by atoms with Gasteiger partial charge < -0.3 is 15.4 Å². The number of nitrogens with zero attached hydrogens (tertiary/aromatic N) is 4. The Bertz CT molecular complexity index is 519. The average molecular weight is 294 g/mol. The molecule has 2 N–H and O–H groups in total. The lowest BCUT2D eigenvalue weighted by atomic mass is 10.5.